The van der Waals surface area contributed by atoms with Crippen LogP contribution in [-0.2, 0) is 0 Å². The smallest absolute Gasteiger partial charge is 0.279 e. The second-order valence-corrected chi connectivity index (χ2v) is 7.48. The summed E-state index contributed by atoms with van der Waals surface area (Å²) in [6.07, 6.45) is 0. The molecule has 0 radical (unpaired) electrons. The Bertz CT molecular complexity index is 1250. The number of hydrogen-bond acceptors (Lipinski definition) is 5. The van der Waals surface area contributed by atoms with Crippen LogP contribution in [0.2, 0.25) is 0 Å². The third-order valence-electron chi connectivity index (χ3n) is 4.65. The maximum Gasteiger partial charge on any atom is 0.279 e. The third-order valence-corrected chi connectivity index (χ3v) is 5.71. The molecule has 0 unspecified atom stereocenters. The molecule has 4 nitrogen and oxygen atoms in total. The van der Waals surface area contributed by atoms with Gasteiger partial charge in [0.15, 0.2) is 0 Å². The first-order valence-corrected chi connectivity index (χ1v) is 9.84. The quantitative estimate of drug-likeness (QED) is 0.376. The Labute approximate surface area is 171 Å². The first-order valence-electron chi connectivity index (χ1n) is 9.02. The molecule has 0 atom stereocenters. The third kappa shape index (κ3) is 3.66. The van der Waals surface area contributed by atoms with Gasteiger partial charge < -0.3 is 5.11 Å². The summed E-state index contributed by atoms with van der Waals surface area (Å²) < 4.78 is 0.721. The van der Waals surface area contributed by atoms with Crippen molar-refractivity contribution >= 4 is 27.0 Å². The van der Waals surface area contributed by atoms with Gasteiger partial charge in [0.05, 0.1) is 11.3 Å². The minimum absolute atomic E-state index is 0.00978. The van der Waals surface area contributed by atoms with Crippen LogP contribution in [0.15, 0.2) is 95.5 Å². The van der Waals surface area contributed by atoms with Crippen LogP contribution in [0.25, 0.3) is 15.7 Å². The topological polar surface area (TPSA) is 74.0 Å². The van der Waals surface area contributed by atoms with Gasteiger partial charge in [-0.05, 0) is 23.3 Å². The molecule has 4 rings (SSSR count). The van der Waals surface area contributed by atoms with Gasteiger partial charge >= 0.3 is 0 Å². The van der Waals surface area contributed by atoms with Crippen LogP contribution < -0.4 is 5.56 Å². The fourth-order valence-electron chi connectivity index (χ4n) is 3.28. The average molecular weight is 396 g/mol. The van der Waals surface area contributed by atoms with Gasteiger partial charge in [-0.15, -0.1) is 11.3 Å². The van der Waals surface area contributed by atoms with E-state index < -0.39 is 11.5 Å². The fourth-order valence-corrected chi connectivity index (χ4v) is 4.28. The molecule has 1 aromatic heterocycles. The van der Waals surface area contributed by atoms with E-state index in [1.807, 2.05) is 72.8 Å². The van der Waals surface area contributed by atoms with Crippen molar-refractivity contribution in [1.29, 1.82) is 5.26 Å². The highest BCUT2D eigenvalue weighted by Gasteiger charge is 2.24. The molecular formula is C24H16N2O2S. The number of aliphatic hydroxyl groups excluding tert-OH is 1. The lowest BCUT2D eigenvalue weighted by atomic mass is 9.88. The van der Waals surface area contributed by atoms with Crippen molar-refractivity contribution in [2.75, 3.05) is 0 Å². The van der Waals surface area contributed by atoms with E-state index >= 15 is 0 Å². The molecule has 5 heteroatoms. The molecule has 0 aliphatic carbocycles. The summed E-state index contributed by atoms with van der Waals surface area (Å²) in [5.74, 6) is -0.661. The molecule has 0 fully saturated rings. The SMILES string of the molecule is N#C/C(=C(/O)C(c1ccccc1)c1ccccc1)c1nc(=O)c2ccccc2s1. The van der Waals surface area contributed by atoms with Gasteiger partial charge in [-0.25, -0.2) is 0 Å². The van der Waals surface area contributed by atoms with Crippen molar-refractivity contribution in [3.63, 3.8) is 0 Å². The van der Waals surface area contributed by atoms with Crippen LogP contribution >= 0.6 is 11.3 Å². The van der Waals surface area contributed by atoms with Gasteiger partial charge in [-0.2, -0.15) is 10.2 Å². The van der Waals surface area contributed by atoms with Gasteiger partial charge in [-0.3, -0.25) is 4.79 Å². The van der Waals surface area contributed by atoms with E-state index in [1.54, 1.807) is 12.1 Å². The van der Waals surface area contributed by atoms with Crippen LogP contribution in [0.4, 0.5) is 0 Å². The highest BCUT2D eigenvalue weighted by molar-refractivity contribution is 7.19. The molecule has 0 saturated heterocycles. The van der Waals surface area contributed by atoms with Crippen LogP contribution in [0.5, 0.6) is 0 Å². The Morgan fingerprint density at radius 2 is 1.45 bits per heavy atom. The molecule has 29 heavy (non-hydrogen) atoms. The van der Waals surface area contributed by atoms with E-state index in [9.17, 15) is 15.2 Å². The predicted molar refractivity (Wildman–Crippen MR) is 116 cm³/mol. The molecule has 140 valence electrons. The standard InChI is InChI=1S/C24H16N2O2S/c25-15-19(24-26-23(28)18-13-7-8-14-20(18)29-24)22(27)21(16-9-3-1-4-10-16)17-11-5-2-6-12-17/h1-14,21,27H/b22-19-. The molecule has 4 aromatic rings. The Kier molecular flexibility index (Phi) is 5.19. The van der Waals surface area contributed by atoms with Crippen molar-refractivity contribution in [3.05, 3.63) is 117 Å². The lowest BCUT2D eigenvalue weighted by Gasteiger charge is -2.18. The molecule has 3 aromatic carbocycles. The number of hydrogen-bond donors (Lipinski definition) is 1. The highest BCUT2D eigenvalue weighted by atomic mass is 32.1. The summed E-state index contributed by atoms with van der Waals surface area (Å²) in [5.41, 5.74) is 1.29. The van der Waals surface area contributed by atoms with Gasteiger partial charge in [0.1, 0.15) is 22.4 Å². The zero-order valence-electron chi connectivity index (χ0n) is 15.3. The minimum atomic E-state index is -0.539. The summed E-state index contributed by atoms with van der Waals surface area (Å²) >= 11 is 1.22. The van der Waals surface area contributed by atoms with E-state index in [-0.39, 0.29) is 16.3 Å². The molecule has 0 saturated carbocycles. The Morgan fingerprint density at radius 3 is 2.03 bits per heavy atom. The summed E-state index contributed by atoms with van der Waals surface area (Å²) in [5, 5.41) is 21.8. The number of nitriles is 1. The zero-order valence-corrected chi connectivity index (χ0v) is 16.1. The van der Waals surface area contributed by atoms with E-state index in [0.717, 1.165) is 15.8 Å². The van der Waals surface area contributed by atoms with Crippen LogP contribution in [0, 0.1) is 11.3 Å². The highest BCUT2D eigenvalue weighted by Crippen LogP contribution is 2.35. The Morgan fingerprint density at radius 1 is 0.897 bits per heavy atom. The molecule has 1 N–H and O–H groups in total. The number of fused-ring (bicyclic) bond motifs is 1. The molecule has 0 spiro atoms. The Balaban J connectivity index is 1.94. The van der Waals surface area contributed by atoms with Gasteiger partial charge in [0.25, 0.3) is 5.56 Å². The van der Waals surface area contributed by atoms with Crippen molar-refractivity contribution < 1.29 is 5.11 Å². The van der Waals surface area contributed by atoms with Crippen LogP contribution in [-0.4, -0.2) is 10.1 Å². The van der Waals surface area contributed by atoms with Gasteiger partial charge in [0, 0.05) is 4.70 Å². The minimum Gasteiger partial charge on any atom is -0.510 e. The summed E-state index contributed by atoms with van der Waals surface area (Å²) in [4.78, 5) is 16.5. The first kappa shape index (κ1) is 18.6. The van der Waals surface area contributed by atoms with Crippen molar-refractivity contribution in [2.45, 2.75) is 5.92 Å². The lowest BCUT2D eigenvalue weighted by molar-refractivity contribution is 0.385. The van der Waals surface area contributed by atoms with Crippen molar-refractivity contribution in [2.24, 2.45) is 0 Å². The molecule has 0 amide bonds. The second-order valence-electron chi connectivity index (χ2n) is 6.45. The number of rotatable bonds is 4. The number of aliphatic hydroxyl groups is 1. The largest absolute Gasteiger partial charge is 0.510 e. The molecule has 0 aliphatic heterocycles. The van der Waals surface area contributed by atoms with E-state index in [0.29, 0.717) is 5.39 Å². The van der Waals surface area contributed by atoms with E-state index in [4.69, 9.17) is 0 Å². The molecular weight excluding hydrogens is 380 g/mol. The molecule has 1 heterocycles. The van der Waals surface area contributed by atoms with Crippen LogP contribution in [0.1, 0.15) is 22.1 Å². The van der Waals surface area contributed by atoms with E-state index in [1.165, 1.54) is 11.3 Å². The predicted octanol–water partition coefficient (Wildman–Crippen LogP) is 5.28. The van der Waals surface area contributed by atoms with Crippen molar-refractivity contribution in [3.8, 4) is 6.07 Å². The fraction of sp³-hybridized carbons (Fsp3) is 0.0417. The lowest BCUT2D eigenvalue weighted by Crippen LogP contribution is -2.10. The summed E-state index contributed by atoms with van der Waals surface area (Å²) in [7, 11) is 0. The normalized spacial score (nSPS) is 11.9. The van der Waals surface area contributed by atoms with Crippen molar-refractivity contribution in [1.82, 2.24) is 4.98 Å². The first-order chi connectivity index (χ1) is 14.2. The summed E-state index contributed by atoms with van der Waals surface area (Å²) in [6, 6.07) is 28.1. The maximum absolute atomic E-state index is 12.4. The van der Waals surface area contributed by atoms with Gasteiger partial charge in [0.2, 0.25) is 0 Å². The molecule has 0 bridgehead atoms. The van der Waals surface area contributed by atoms with Crippen LogP contribution in [0.3, 0.4) is 0 Å². The number of nitrogens with zero attached hydrogens (tertiary/aromatic N) is 2. The maximum atomic E-state index is 12.4. The summed E-state index contributed by atoms with van der Waals surface area (Å²) in [6.45, 7) is 0. The second kappa shape index (κ2) is 8.09. The van der Waals surface area contributed by atoms with Gasteiger partial charge in [-0.1, -0.05) is 72.8 Å². The Hall–Kier alpha value is -3.75. The zero-order chi connectivity index (χ0) is 20.2. The monoisotopic (exact) mass is 396 g/mol. The number of aromatic nitrogens is 1. The number of allylic oxidation sites excluding steroid dienone is 2. The molecule has 0 aliphatic rings. The average Bonchev–Trinajstić information content (AvgIpc) is 2.76. The van der Waals surface area contributed by atoms with E-state index in [2.05, 4.69) is 11.1 Å². The number of benzene rings is 3.